The van der Waals surface area contributed by atoms with Gasteiger partial charge in [0.15, 0.2) is 0 Å². The number of thiophene rings is 2. The molecule has 1 atom stereocenters. The number of nitrogens with two attached hydrogens (primary N) is 1. The molecule has 2 aromatic heterocycles. The van der Waals surface area contributed by atoms with E-state index in [-0.39, 0.29) is 6.04 Å². The summed E-state index contributed by atoms with van der Waals surface area (Å²) in [6.45, 7) is 0. The number of hydrogen-bond donors (Lipinski definition) is 1. The molecule has 0 aromatic carbocycles. The van der Waals surface area contributed by atoms with Crippen LogP contribution in [-0.4, -0.2) is 0 Å². The third kappa shape index (κ3) is 1.86. The van der Waals surface area contributed by atoms with Crippen molar-refractivity contribution in [3.05, 3.63) is 43.2 Å². The van der Waals surface area contributed by atoms with Crippen LogP contribution in [0.4, 0.5) is 0 Å². The van der Waals surface area contributed by atoms with Gasteiger partial charge in [-0.25, -0.2) is 0 Å². The molecule has 2 rings (SSSR count). The third-order valence-corrected chi connectivity index (χ3v) is 4.53. The van der Waals surface area contributed by atoms with Gasteiger partial charge in [-0.05, 0) is 38.3 Å². The summed E-state index contributed by atoms with van der Waals surface area (Å²) < 4.78 is 1.11. The molecule has 13 heavy (non-hydrogen) atoms. The third-order valence-electron chi connectivity index (χ3n) is 1.83. The van der Waals surface area contributed by atoms with Gasteiger partial charge in [-0.2, -0.15) is 11.3 Å². The van der Waals surface area contributed by atoms with Crippen molar-refractivity contribution >= 4 is 38.6 Å². The molecule has 0 spiro atoms. The Labute approximate surface area is 93.3 Å². The van der Waals surface area contributed by atoms with Gasteiger partial charge in [0.25, 0.3) is 0 Å². The lowest BCUT2D eigenvalue weighted by molar-refractivity contribution is 0.894. The second kappa shape index (κ2) is 3.92. The van der Waals surface area contributed by atoms with E-state index in [1.54, 1.807) is 22.7 Å². The Morgan fingerprint density at radius 2 is 2.23 bits per heavy atom. The van der Waals surface area contributed by atoms with Gasteiger partial charge in [0.2, 0.25) is 0 Å². The van der Waals surface area contributed by atoms with Crippen molar-refractivity contribution in [3.63, 3.8) is 0 Å². The van der Waals surface area contributed by atoms with Gasteiger partial charge in [0, 0.05) is 14.7 Å². The first-order chi connectivity index (χ1) is 6.29. The minimum absolute atomic E-state index is 0.0145. The highest BCUT2D eigenvalue weighted by atomic mass is 79.9. The summed E-state index contributed by atoms with van der Waals surface area (Å²) in [5.74, 6) is 0. The Balaban J connectivity index is 2.33. The molecule has 2 heterocycles. The van der Waals surface area contributed by atoms with Crippen LogP contribution in [0.1, 0.15) is 16.5 Å². The second-order valence-corrected chi connectivity index (χ2v) is 5.25. The number of halogens is 1. The van der Waals surface area contributed by atoms with Crippen LogP contribution in [0.5, 0.6) is 0 Å². The van der Waals surface area contributed by atoms with Crippen LogP contribution in [0.2, 0.25) is 0 Å². The fourth-order valence-electron chi connectivity index (χ4n) is 1.13. The molecule has 4 heteroatoms. The molecule has 0 radical (unpaired) electrons. The van der Waals surface area contributed by atoms with Gasteiger partial charge in [-0.3, -0.25) is 0 Å². The van der Waals surface area contributed by atoms with E-state index in [0.29, 0.717) is 0 Å². The van der Waals surface area contributed by atoms with E-state index in [9.17, 15) is 0 Å². The van der Waals surface area contributed by atoms with Crippen LogP contribution in [0.15, 0.2) is 32.7 Å². The van der Waals surface area contributed by atoms with Crippen molar-refractivity contribution in [2.75, 3.05) is 0 Å². The highest BCUT2D eigenvalue weighted by Gasteiger charge is 2.13. The maximum absolute atomic E-state index is 6.09. The predicted molar refractivity (Wildman–Crippen MR) is 62.4 cm³/mol. The molecule has 0 saturated carbocycles. The van der Waals surface area contributed by atoms with E-state index < -0.39 is 0 Å². The Kier molecular flexibility index (Phi) is 2.83. The fraction of sp³-hybridized carbons (Fsp3) is 0.111. The smallest absolute Gasteiger partial charge is 0.0665 e. The van der Waals surface area contributed by atoms with E-state index in [1.165, 1.54) is 10.4 Å². The largest absolute Gasteiger partial charge is 0.320 e. The molecule has 0 aliphatic carbocycles. The van der Waals surface area contributed by atoms with Gasteiger partial charge in [-0.15, -0.1) is 11.3 Å². The summed E-state index contributed by atoms with van der Waals surface area (Å²) in [7, 11) is 0. The normalized spacial score (nSPS) is 13.1. The Morgan fingerprint density at radius 3 is 2.77 bits per heavy atom. The van der Waals surface area contributed by atoms with Crippen molar-refractivity contribution in [3.8, 4) is 0 Å². The zero-order valence-electron chi connectivity index (χ0n) is 6.74. The predicted octanol–water partition coefficient (Wildman–Crippen LogP) is 3.62. The average Bonchev–Trinajstić information content (AvgIpc) is 2.72. The van der Waals surface area contributed by atoms with Crippen LogP contribution >= 0.6 is 38.6 Å². The average molecular weight is 274 g/mol. The van der Waals surface area contributed by atoms with Gasteiger partial charge >= 0.3 is 0 Å². The maximum atomic E-state index is 6.09. The topological polar surface area (TPSA) is 26.0 Å². The summed E-state index contributed by atoms with van der Waals surface area (Å²) in [5, 5.41) is 6.20. The van der Waals surface area contributed by atoms with Crippen LogP contribution in [0.25, 0.3) is 0 Å². The molecule has 2 N–H and O–H groups in total. The highest BCUT2D eigenvalue weighted by molar-refractivity contribution is 9.10. The lowest BCUT2D eigenvalue weighted by atomic mass is 10.1. The highest BCUT2D eigenvalue weighted by Crippen LogP contribution is 2.31. The maximum Gasteiger partial charge on any atom is 0.0665 e. The van der Waals surface area contributed by atoms with Crippen molar-refractivity contribution in [1.29, 1.82) is 0 Å². The number of rotatable bonds is 2. The van der Waals surface area contributed by atoms with Crippen molar-refractivity contribution < 1.29 is 0 Å². The van der Waals surface area contributed by atoms with E-state index in [0.717, 1.165) is 4.47 Å². The molecule has 0 saturated heterocycles. The molecule has 0 aliphatic heterocycles. The van der Waals surface area contributed by atoms with Crippen LogP contribution < -0.4 is 5.73 Å². The lowest BCUT2D eigenvalue weighted by Crippen LogP contribution is -2.09. The SMILES string of the molecule is NC(c1cccs1)c1cscc1Br. The molecule has 1 nitrogen and oxygen atoms in total. The molecule has 0 bridgehead atoms. The second-order valence-electron chi connectivity index (χ2n) is 2.67. The number of hydrogen-bond acceptors (Lipinski definition) is 3. The first-order valence-electron chi connectivity index (χ1n) is 3.79. The molecule has 68 valence electrons. The van der Waals surface area contributed by atoms with Crippen molar-refractivity contribution in [2.24, 2.45) is 5.73 Å². The zero-order valence-corrected chi connectivity index (χ0v) is 9.95. The monoisotopic (exact) mass is 273 g/mol. The summed E-state index contributed by atoms with van der Waals surface area (Å²) in [6, 6.07) is 4.11. The Bertz CT molecular complexity index is 380. The molecular formula is C9H8BrNS2. The molecular weight excluding hydrogens is 266 g/mol. The summed E-state index contributed by atoms with van der Waals surface area (Å²) in [6.07, 6.45) is 0. The molecule has 0 aliphatic rings. The van der Waals surface area contributed by atoms with E-state index in [4.69, 9.17) is 5.73 Å². The standard InChI is InChI=1S/C9H8BrNS2/c10-7-5-12-4-6(7)9(11)8-2-1-3-13-8/h1-5,9H,11H2. The molecule has 2 aromatic rings. The van der Waals surface area contributed by atoms with E-state index >= 15 is 0 Å². The molecule has 0 fully saturated rings. The van der Waals surface area contributed by atoms with Crippen LogP contribution in [0, 0.1) is 0 Å². The first kappa shape index (κ1) is 9.40. The Hall–Kier alpha value is -0.160. The minimum Gasteiger partial charge on any atom is -0.320 e. The summed E-state index contributed by atoms with van der Waals surface area (Å²) in [4.78, 5) is 1.21. The lowest BCUT2D eigenvalue weighted by Gasteiger charge is -2.07. The zero-order chi connectivity index (χ0) is 9.26. The van der Waals surface area contributed by atoms with E-state index in [1.807, 2.05) is 6.07 Å². The summed E-state index contributed by atoms with van der Waals surface area (Å²) >= 11 is 6.85. The van der Waals surface area contributed by atoms with Gasteiger partial charge in [0.1, 0.15) is 0 Å². The minimum atomic E-state index is 0.0145. The first-order valence-corrected chi connectivity index (χ1v) is 6.41. The van der Waals surface area contributed by atoms with Gasteiger partial charge in [-0.1, -0.05) is 6.07 Å². The fourth-order valence-corrected chi connectivity index (χ4v) is 3.46. The molecule has 1 unspecified atom stereocenters. The van der Waals surface area contributed by atoms with Gasteiger partial charge < -0.3 is 5.73 Å². The Morgan fingerprint density at radius 1 is 1.38 bits per heavy atom. The van der Waals surface area contributed by atoms with Crippen LogP contribution in [-0.2, 0) is 0 Å². The molecule has 0 amide bonds. The van der Waals surface area contributed by atoms with Crippen molar-refractivity contribution in [1.82, 2.24) is 0 Å². The van der Waals surface area contributed by atoms with Crippen molar-refractivity contribution in [2.45, 2.75) is 6.04 Å². The van der Waals surface area contributed by atoms with Crippen LogP contribution in [0.3, 0.4) is 0 Å². The van der Waals surface area contributed by atoms with Gasteiger partial charge in [0.05, 0.1) is 6.04 Å². The van der Waals surface area contributed by atoms with E-state index in [2.05, 4.69) is 38.1 Å². The quantitative estimate of drug-likeness (QED) is 0.889. The summed E-state index contributed by atoms with van der Waals surface area (Å²) in [5.41, 5.74) is 7.27.